The van der Waals surface area contributed by atoms with Crippen LogP contribution in [0.1, 0.15) is 27.3 Å². The summed E-state index contributed by atoms with van der Waals surface area (Å²) >= 11 is 0. The summed E-state index contributed by atoms with van der Waals surface area (Å²) < 4.78 is 38.0. The summed E-state index contributed by atoms with van der Waals surface area (Å²) in [5.41, 5.74) is 0.881. The minimum atomic E-state index is -4.38. The van der Waals surface area contributed by atoms with Crippen molar-refractivity contribution in [2.45, 2.75) is 19.6 Å². The van der Waals surface area contributed by atoms with E-state index in [-0.39, 0.29) is 18.1 Å². The summed E-state index contributed by atoms with van der Waals surface area (Å²) in [6, 6.07) is 18.4. The summed E-state index contributed by atoms with van der Waals surface area (Å²) in [4.78, 5) is 17.0. The molecule has 0 saturated heterocycles. The molecule has 0 unspecified atom stereocenters. The number of hydrogen-bond acceptors (Lipinski definition) is 2. The van der Waals surface area contributed by atoms with Crippen LogP contribution in [0.5, 0.6) is 0 Å². The minimum absolute atomic E-state index is 0.116. The van der Waals surface area contributed by atoms with E-state index in [9.17, 15) is 18.0 Å². The average Bonchev–Trinajstić information content (AvgIpc) is 2.71. The van der Waals surface area contributed by atoms with Crippen molar-refractivity contribution < 1.29 is 18.0 Å². The Balaban J connectivity index is 1.59. The molecule has 0 bridgehead atoms. The van der Waals surface area contributed by atoms with Crippen molar-refractivity contribution in [2.75, 3.05) is 0 Å². The molecule has 0 fully saturated rings. The molecule has 0 radical (unpaired) electrons. The fourth-order valence-electron chi connectivity index (χ4n) is 3.38. The van der Waals surface area contributed by atoms with Gasteiger partial charge in [-0.2, -0.15) is 13.2 Å². The summed E-state index contributed by atoms with van der Waals surface area (Å²) in [6.45, 7) is 1.97. The fraction of sp³-hybridized carbons (Fsp3) is 0.130. The molecule has 3 nitrogen and oxygen atoms in total. The molecule has 4 aromatic rings. The number of rotatable bonds is 3. The Bertz CT molecular complexity index is 1210. The van der Waals surface area contributed by atoms with Crippen LogP contribution in [0.25, 0.3) is 21.5 Å². The van der Waals surface area contributed by atoms with Crippen LogP contribution in [0, 0.1) is 6.92 Å². The number of aromatic nitrogens is 1. The van der Waals surface area contributed by atoms with Gasteiger partial charge in [-0.25, -0.2) is 4.98 Å². The van der Waals surface area contributed by atoms with Gasteiger partial charge in [0.1, 0.15) is 5.69 Å². The van der Waals surface area contributed by atoms with Crippen LogP contribution in [-0.4, -0.2) is 10.9 Å². The lowest BCUT2D eigenvalue weighted by Gasteiger charge is -2.11. The number of benzene rings is 3. The monoisotopic (exact) mass is 394 g/mol. The molecule has 0 atom stereocenters. The number of pyridine rings is 1. The van der Waals surface area contributed by atoms with Gasteiger partial charge in [-0.3, -0.25) is 4.79 Å². The van der Waals surface area contributed by atoms with Gasteiger partial charge in [0, 0.05) is 17.6 Å². The van der Waals surface area contributed by atoms with E-state index in [1.165, 1.54) is 12.1 Å². The third-order valence-corrected chi connectivity index (χ3v) is 4.90. The van der Waals surface area contributed by atoms with Crippen LogP contribution >= 0.6 is 0 Å². The normalized spacial score (nSPS) is 11.7. The maximum Gasteiger partial charge on any atom is 0.416 e. The number of hydrogen-bond donors (Lipinski definition) is 1. The highest BCUT2D eigenvalue weighted by Crippen LogP contribution is 2.29. The Morgan fingerprint density at radius 3 is 2.38 bits per heavy atom. The standard InChI is InChI=1S/C23H17F3N2O/c1-14-18-11-8-16-4-2-3-5-19(16)20(18)12-21(28-14)22(29)27-13-15-6-9-17(10-7-15)23(24,25)26/h2-12H,13H2,1H3,(H,27,29). The average molecular weight is 394 g/mol. The fourth-order valence-corrected chi connectivity index (χ4v) is 3.38. The molecule has 0 saturated carbocycles. The lowest BCUT2D eigenvalue weighted by Crippen LogP contribution is -2.24. The van der Waals surface area contributed by atoms with Crippen molar-refractivity contribution >= 4 is 27.5 Å². The van der Waals surface area contributed by atoms with Gasteiger partial charge in [0.2, 0.25) is 0 Å². The minimum Gasteiger partial charge on any atom is -0.347 e. The largest absolute Gasteiger partial charge is 0.416 e. The van der Waals surface area contributed by atoms with Crippen LogP contribution in [-0.2, 0) is 12.7 Å². The van der Waals surface area contributed by atoms with E-state index in [0.717, 1.165) is 39.4 Å². The molecule has 3 aromatic carbocycles. The van der Waals surface area contributed by atoms with Crippen molar-refractivity contribution in [1.82, 2.24) is 10.3 Å². The van der Waals surface area contributed by atoms with Crippen LogP contribution < -0.4 is 5.32 Å². The van der Waals surface area contributed by atoms with Crippen molar-refractivity contribution in [2.24, 2.45) is 0 Å². The molecule has 1 N–H and O–H groups in total. The van der Waals surface area contributed by atoms with Crippen LogP contribution in [0.15, 0.2) is 66.7 Å². The lowest BCUT2D eigenvalue weighted by molar-refractivity contribution is -0.137. The third-order valence-electron chi connectivity index (χ3n) is 4.90. The highest BCUT2D eigenvalue weighted by Gasteiger charge is 2.29. The first kappa shape index (κ1) is 18.9. The van der Waals surface area contributed by atoms with E-state index in [1.807, 2.05) is 43.3 Å². The first-order valence-corrected chi connectivity index (χ1v) is 9.06. The molecule has 1 aromatic heterocycles. The molecule has 0 aliphatic carbocycles. The molecule has 29 heavy (non-hydrogen) atoms. The van der Waals surface area contributed by atoms with Crippen molar-refractivity contribution in [1.29, 1.82) is 0 Å². The molecule has 6 heteroatoms. The van der Waals surface area contributed by atoms with Gasteiger partial charge in [0.15, 0.2) is 0 Å². The van der Waals surface area contributed by atoms with Gasteiger partial charge in [0.05, 0.1) is 5.56 Å². The number of nitrogens with one attached hydrogen (secondary N) is 1. The third kappa shape index (κ3) is 3.78. The highest BCUT2D eigenvalue weighted by atomic mass is 19.4. The van der Waals surface area contributed by atoms with Gasteiger partial charge < -0.3 is 5.32 Å². The second-order valence-corrected chi connectivity index (χ2v) is 6.85. The summed E-state index contributed by atoms with van der Waals surface area (Å²) in [5.74, 6) is -0.372. The van der Waals surface area contributed by atoms with Gasteiger partial charge in [-0.1, -0.05) is 48.5 Å². The Morgan fingerprint density at radius 1 is 0.931 bits per heavy atom. The first-order chi connectivity index (χ1) is 13.8. The van der Waals surface area contributed by atoms with Crippen molar-refractivity contribution in [3.8, 4) is 0 Å². The number of alkyl halides is 3. The molecule has 146 valence electrons. The number of halogens is 3. The number of aryl methyl sites for hydroxylation is 1. The van der Waals surface area contributed by atoms with Crippen LogP contribution in [0.3, 0.4) is 0 Å². The van der Waals surface area contributed by atoms with Gasteiger partial charge in [-0.15, -0.1) is 0 Å². The quantitative estimate of drug-likeness (QED) is 0.457. The number of carbonyl (C=O) groups is 1. The van der Waals surface area contributed by atoms with E-state index in [1.54, 1.807) is 6.07 Å². The predicted molar refractivity (Wildman–Crippen MR) is 107 cm³/mol. The number of nitrogens with zero attached hydrogens (tertiary/aromatic N) is 1. The molecular weight excluding hydrogens is 377 g/mol. The number of carbonyl (C=O) groups excluding carboxylic acids is 1. The Kier molecular flexibility index (Phi) is 4.70. The second kappa shape index (κ2) is 7.20. The Hall–Kier alpha value is -3.41. The van der Waals surface area contributed by atoms with E-state index < -0.39 is 11.7 Å². The summed E-state index contributed by atoms with van der Waals surface area (Å²) in [5, 5.41) is 6.75. The molecule has 1 heterocycles. The van der Waals surface area contributed by atoms with Crippen LogP contribution in [0.2, 0.25) is 0 Å². The zero-order chi connectivity index (χ0) is 20.6. The Morgan fingerprint density at radius 2 is 1.66 bits per heavy atom. The molecule has 0 aliphatic heterocycles. The molecule has 1 amide bonds. The zero-order valence-electron chi connectivity index (χ0n) is 15.5. The van der Waals surface area contributed by atoms with Crippen LogP contribution in [0.4, 0.5) is 13.2 Å². The van der Waals surface area contributed by atoms with E-state index in [4.69, 9.17) is 0 Å². The summed E-state index contributed by atoms with van der Waals surface area (Å²) in [7, 11) is 0. The lowest BCUT2D eigenvalue weighted by atomic mass is 10.0. The van der Waals surface area contributed by atoms with Gasteiger partial charge >= 0.3 is 6.18 Å². The van der Waals surface area contributed by atoms with Crippen molar-refractivity contribution in [3.63, 3.8) is 0 Å². The molecule has 0 aliphatic rings. The van der Waals surface area contributed by atoms with E-state index in [0.29, 0.717) is 5.56 Å². The predicted octanol–water partition coefficient (Wildman–Crippen LogP) is 5.65. The van der Waals surface area contributed by atoms with Gasteiger partial charge in [0.25, 0.3) is 5.91 Å². The number of amides is 1. The van der Waals surface area contributed by atoms with Gasteiger partial charge in [-0.05, 0) is 46.8 Å². The topological polar surface area (TPSA) is 42.0 Å². The maximum atomic E-state index is 12.7. The molecular formula is C23H17F3N2O. The smallest absolute Gasteiger partial charge is 0.347 e. The molecule has 0 spiro atoms. The highest BCUT2D eigenvalue weighted by molar-refractivity contribution is 6.10. The summed E-state index contributed by atoms with van der Waals surface area (Å²) in [6.07, 6.45) is -4.38. The second-order valence-electron chi connectivity index (χ2n) is 6.85. The first-order valence-electron chi connectivity index (χ1n) is 9.06. The van der Waals surface area contributed by atoms with E-state index >= 15 is 0 Å². The van der Waals surface area contributed by atoms with E-state index in [2.05, 4.69) is 10.3 Å². The zero-order valence-corrected chi connectivity index (χ0v) is 15.5. The van der Waals surface area contributed by atoms with Crippen molar-refractivity contribution in [3.05, 3.63) is 89.2 Å². The molecule has 4 rings (SSSR count). The Labute approximate surface area is 165 Å². The maximum absolute atomic E-state index is 12.7. The number of fused-ring (bicyclic) bond motifs is 3. The SMILES string of the molecule is Cc1nc(C(=O)NCc2ccc(C(F)(F)F)cc2)cc2c1ccc1ccccc12.